The van der Waals surface area contributed by atoms with Crippen LogP contribution in [0.4, 0.5) is 16.0 Å². The highest BCUT2D eigenvalue weighted by molar-refractivity contribution is 6.34. The fourth-order valence-electron chi connectivity index (χ4n) is 3.53. The molecule has 0 bridgehead atoms. The number of nitrogens with two attached hydrogens (primary N) is 1. The minimum Gasteiger partial charge on any atom is -0.393 e. The first kappa shape index (κ1) is 25.0. The fraction of sp³-hybridized carbons (Fsp3) is 0.154. The number of rotatable bonds is 8. The Kier molecular flexibility index (Phi) is 7.42. The molecule has 0 saturated carbocycles. The Morgan fingerprint density at radius 1 is 1.14 bits per heavy atom. The number of carbonyl (C=O) groups is 2. The van der Waals surface area contributed by atoms with Crippen molar-refractivity contribution in [3.8, 4) is 16.9 Å². The summed E-state index contributed by atoms with van der Waals surface area (Å²) >= 11 is 6.30. The molecule has 184 valence electrons. The number of pyridine rings is 1. The summed E-state index contributed by atoms with van der Waals surface area (Å²) in [5.41, 5.74) is 6.83. The molecule has 4 N–H and O–H groups in total. The number of nitrogens with zero attached hydrogens (tertiary/aromatic N) is 3. The number of nitrogens with one attached hydrogen (secondary N) is 1. The van der Waals surface area contributed by atoms with Crippen LogP contribution in [0.15, 0.2) is 66.7 Å². The van der Waals surface area contributed by atoms with Gasteiger partial charge in [0.2, 0.25) is 0 Å². The smallest absolute Gasteiger partial charge is 0.258 e. The van der Waals surface area contributed by atoms with Gasteiger partial charge in [-0.15, -0.1) is 0 Å². The van der Waals surface area contributed by atoms with Crippen molar-refractivity contribution in [3.63, 3.8) is 0 Å². The number of ketones is 1. The maximum Gasteiger partial charge on any atom is 0.258 e. The van der Waals surface area contributed by atoms with Crippen molar-refractivity contribution in [1.82, 2.24) is 14.8 Å². The van der Waals surface area contributed by atoms with Gasteiger partial charge in [-0.2, -0.15) is 5.10 Å². The molecule has 4 rings (SSSR count). The Balaban J connectivity index is 1.69. The quantitative estimate of drug-likeness (QED) is 0.291. The number of aliphatic hydroxyl groups is 1. The van der Waals surface area contributed by atoms with E-state index in [4.69, 9.17) is 17.3 Å². The van der Waals surface area contributed by atoms with Crippen LogP contribution < -0.4 is 11.1 Å². The molecule has 0 spiro atoms. The lowest BCUT2D eigenvalue weighted by molar-refractivity contribution is 0.0943. The van der Waals surface area contributed by atoms with Crippen LogP contribution in [0.25, 0.3) is 16.9 Å². The molecule has 1 amide bonds. The second-order valence-corrected chi connectivity index (χ2v) is 8.60. The number of aromatic nitrogens is 3. The summed E-state index contributed by atoms with van der Waals surface area (Å²) in [4.78, 5) is 29.9. The Labute approximate surface area is 211 Å². The molecule has 2 aromatic heterocycles. The number of nitrogen functional groups attached to an aromatic ring is 1. The molecule has 0 saturated heterocycles. The first-order chi connectivity index (χ1) is 17.2. The Bertz CT molecular complexity index is 1420. The number of amides is 1. The minimum atomic E-state index is -0.627. The van der Waals surface area contributed by atoms with E-state index < -0.39 is 17.8 Å². The Morgan fingerprint density at radius 2 is 1.89 bits per heavy atom. The van der Waals surface area contributed by atoms with Crippen LogP contribution in [0.2, 0.25) is 5.02 Å². The van der Waals surface area contributed by atoms with E-state index in [1.54, 1.807) is 31.2 Å². The summed E-state index contributed by atoms with van der Waals surface area (Å²) in [5.74, 6) is -1.09. The SMILES string of the molecule is C[C@@H](O)CCC(=O)c1cc(NC(=O)c2cc(-c3nc(N)ccc3F)ccc2Cl)n(-c2ccccc2)n1. The molecule has 1 atom stereocenters. The monoisotopic (exact) mass is 507 g/mol. The van der Waals surface area contributed by atoms with Gasteiger partial charge in [0.1, 0.15) is 28.8 Å². The van der Waals surface area contributed by atoms with E-state index in [0.29, 0.717) is 11.3 Å². The molecule has 2 aromatic carbocycles. The third-order valence-corrected chi connectivity index (χ3v) is 5.71. The minimum absolute atomic E-state index is 0.0129. The average Bonchev–Trinajstić information content (AvgIpc) is 3.28. The standard InChI is InChI=1S/C26H23ClFN5O3/c1-15(34)7-11-22(35)21-14-24(33(32-21)17-5-3-2-4-6-17)31-26(36)18-13-16(8-9-19(18)27)25-20(28)10-12-23(29)30-25/h2-6,8-10,12-15,34H,7,11H2,1H3,(H2,29,30)(H,31,36)/t15-/m1/s1. The lowest BCUT2D eigenvalue weighted by Crippen LogP contribution is -2.16. The van der Waals surface area contributed by atoms with E-state index in [1.165, 1.54) is 41.1 Å². The van der Waals surface area contributed by atoms with Crippen molar-refractivity contribution >= 4 is 34.9 Å². The molecule has 2 heterocycles. The van der Waals surface area contributed by atoms with Gasteiger partial charge < -0.3 is 16.2 Å². The van der Waals surface area contributed by atoms with Gasteiger partial charge in [0.25, 0.3) is 5.91 Å². The molecule has 0 unspecified atom stereocenters. The largest absolute Gasteiger partial charge is 0.393 e. The number of carbonyl (C=O) groups excluding carboxylic acids is 2. The third-order valence-electron chi connectivity index (χ3n) is 5.38. The lowest BCUT2D eigenvalue weighted by Gasteiger charge is -2.11. The molecule has 8 nitrogen and oxygen atoms in total. The summed E-state index contributed by atoms with van der Waals surface area (Å²) in [6, 6.07) is 17.4. The zero-order valence-corrected chi connectivity index (χ0v) is 20.0. The van der Waals surface area contributed by atoms with Crippen LogP contribution in [-0.4, -0.2) is 37.7 Å². The van der Waals surface area contributed by atoms with E-state index in [1.807, 2.05) is 6.07 Å². The molecule has 0 aliphatic heterocycles. The number of halogens is 2. The molecule has 0 aliphatic carbocycles. The van der Waals surface area contributed by atoms with Gasteiger partial charge in [0, 0.05) is 18.1 Å². The highest BCUT2D eigenvalue weighted by Gasteiger charge is 2.20. The van der Waals surface area contributed by atoms with Gasteiger partial charge in [0.05, 0.1) is 22.4 Å². The van der Waals surface area contributed by atoms with Gasteiger partial charge in [-0.1, -0.05) is 35.9 Å². The maximum absolute atomic E-state index is 14.4. The summed E-state index contributed by atoms with van der Waals surface area (Å²) in [5, 5.41) is 16.8. The van der Waals surface area contributed by atoms with E-state index in [2.05, 4.69) is 15.4 Å². The number of para-hydroxylation sites is 1. The molecular weight excluding hydrogens is 485 g/mol. The van der Waals surface area contributed by atoms with Crippen molar-refractivity contribution < 1.29 is 19.1 Å². The zero-order chi connectivity index (χ0) is 25.8. The molecule has 0 fully saturated rings. The second-order valence-electron chi connectivity index (χ2n) is 8.19. The Hall–Kier alpha value is -4.08. The van der Waals surface area contributed by atoms with Crippen molar-refractivity contribution in [2.45, 2.75) is 25.9 Å². The van der Waals surface area contributed by atoms with E-state index in [9.17, 15) is 19.1 Å². The van der Waals surface area contributed by atoms with E-state index in [-0.39, 0.29) is 52.2 Å². The van der Waals surface area contributed by atoms with Gasteiger partial charge in [0.15, 0.2) is 5.78 Å². The molecule has 0 aliphatic rings. The summed E-state index contributed by atoms with van der Waals surface area (Å²) in [7, 11) is 0. The van der Waals surface area contributed by atoms with Gasteiger partial charge in [-0.05, 0) is 49.7 Å². The van der Waals surface area contributed by atoms with Crippen LogP contribution in [0.3, 0.4) is 0 Å². The van der Waals surface area contributed by atoms with E-state index in [0.717, 1.165) is 0 Å². The van der Waals surface area contributed by atoms with Crippen molar-refractivity contribution in [3.05, 3.63) is 88.8 Å². The number of hydrogen-bond acceptors (Lipinski definition) is 6. The molecule has 36 heavy (non-hydrogen) atoms. The number of hydrogen-bond donors (Lipinski definition) is 3. The normalized spacial score (nSPS) is 11.8. The van der Waals surface area contributed by atoms with Crippen LogP contribution in [0, 0.1) is 5.82 Å². The van der Waals surface area contributed by atoms with Crippen molar-refractivity contribution in [2.24, 2.45) is 0 Å². The van der Waals surface area contributed by atoms with Crippen LogP contribution in [-0.2, 0) is 0 Å². The number of aliphatic hydroxyl groups excluding tert-OH is 1. The maximum atomic E-state index is 14.4. The predicted octanol–water partition coefficient (Wildman–Crippen LogP) is 4.91. The second kappa shape index (κ2) is 10.7. The van der Waals surface area contributed by atoms with Crippen LogP contribution in [0.1, 0.15) is 40.6 Å². The number of anilines is 2. The summed E-state index contributed by atoms with van der Waals surface area (Å²) in [6.07, 6.45) is -0.239. The summed E-state index contributed by atoms with van der Waals surface area (Å²) in [6.45, 7) is 1.60. The molecule has 4 aromatic rings. The van der Waals surface area contributed by atoms with Gasteiger partial charge in [-0.25, -0.2) is 14.1 Å². The first-order valence-corrected chi connectivity index (χ1v) is 11.5. The predicted molar refractivity (Wildman–Crippen MR) is 136 cm³/mol. The number of benzene rings is 2. The molecule has 0 radical (unpaired) electrons. The topological polar surface area (TPSA) is 123 Å². The molecule has 10 heteroatoms. The average molecular weight is 508 g/mol. The highest BCUT2D eigenvalue weighted by Crippen LogP contribution is 2.28. The Morgan fingerprint density at radius 3 is 2.61 bits per heavy atom. The highest BCUT2D eigenvalue weighted by atomic mass is 35.5. The summed E-state index contributed by atoms with van der Waals surface area (Å²) < 4.78 is 15.8. The fourth-order valence-corrected chi connectivity index (χ4v) is 3.73. The van der Waals surface area contributed by atoms with E-state index >= 15 is 0 Å². The van der Waals surface area contributed by atoms with Gasteiger partial charge in [-0.3, -0.25) is 9.59 Å². The third kappa shape index (κ3) is 5.59. The first-order valence-electron chi connectivity index (χ1n) is 11.1. The molecular formula is C26H23ClFN5O3. The van der Waals surface area contributed by atoms with Gasteiger partial charge >= 0.3 is 0 Å². The lowest BCUT2D eigenvalue weighted by atomic mass is 10.1. The van der Waals surface area contributed by atoms with Crippen molar-refractivity contribution in [1.29, 1.82) is 0 Å². The van der Waals surface area contributed by atoms with Crippen LogP contribution >= 0.6 is 11.6 Å². The van der Waals surface area contributed by atoms with Crippen molar-refractivity contribution in [2.75, 3.05) is 11.1 Å². The number of Topliss-reactive ketones (excluding diaryl/α,β-unsaturated/α-hetero) is 1. The zero-order valence-electron chi connectivity index (χ0n) is 19.3. The van der Waals surface area contributed by atoms with Crippen LogP contribution in [0.5, 0.6) is 0 Å².